The van der Waals surface area contributed by atoms with E-state index in [4.69, 9.17) is 0 Å². The van der Waals surface area contributed by atoms with E-state index in [0.29, 0.717) is 5.52 Å². The summed E-state index contributed by atoms with van der Waals surface area (Å²) < 4.78 is 29.4. The second-order valence-electron chi connectivity index (χ2n) is 7.07. The average Bonchev–Trinajstić information content (AvgIpc) is 3.07. The van der Waals surface area contributed by atoms with Crippen LogP contribution in [0.2, 0.25) is 0 Å². The van der Waals surface area contributed by atoms with E-state index in [2.05, 4.69) is 36.3 Å². The van der Waals surface area contributed by atoms with Crippen LogP contribution >= 0.6 is 15.9 Å². The summed E-state index contributed by atoms with van der Waals surface area (Å²) >= 11 is 3.49. The lowest BCUT2D eigenvalue weighted by atomic mass is 10.0. The Morgan fingerprint density at radius 1 is 1.16 bits per heavy atom. The summed E-state index contributed by atoms with van der Waals surface area (Å²) in [4.78, 5) is 21.0. The number of aryl methyl sites for hydroxylation is 1. The molecule has 31 heavy (non-hydrogen) atoms. The Bertz CT molecular complexity index is 1300. The molecule has 4 aromatic rings. The van der Waals surface area contributed by atoms with E-state index >= 15 is 0 Å². The van der Waals surface area contributed by atoms with E-state index in [0.717, 1.165) is 38.9 Å². The van der Waals surface area contributed by atoms with Gasteiger partial charge in [-0.2, -0.15) is 5.10 Å². The molecule has 4 rings (SSSR count). The Labute approximate surface area is 185 Å². The summed E-state index contributed by atoms with van der Waals surface area (Å²) in [7, 11) is 1.86. The molecule has 1 amide bonds. The van der Waals surface area contributed by atoms with Gasteiger partial charge in [0.05, 0.1) is 23.6 Å². The Morgan fingerprint density at radius 2 is 1.97 bits per heavy atom. The summed E-state index contributed by atoms with van der Waals surface area (Å²) in [5.74, 6) is -1.87. The van der Waals surface area contributed by atoms with Gasteiger partial charge >= 0.3 is 0 Å². The molecule has 158 valence electrons. The molecule has 0 aliphatic carbocycles. The normalized spacial score (nSPS) is 11.1. The predicted molar refractivity (Wildman–Crippen MR) is 117 cm³/mol. The molecule has 0 radical (unpaired) electrons. The van der Waals surface area contributed by atoms with Crippen molar-refractivity contribution in [1.29, 1.82) is 0 Å². The van der Waals surface area contributed by atoms with E-state index in [-0.39, 0.29) is 24.4 Å². The fraction of sp³-hybridized carbons (Fsp3) is 0.182. The molecule has 0 saturated heterocycles. The van der Waals surface area contributed by atoms with E-state index in [9.17, 15) is 13.6 Å². The molecule has 0 aliphatic heterocycles. The van der Waals surface area contributed by atoms with Crippen LogP contribution in [0.15, 0.2) is 47.2 Å². The van der Waals surface area contributed by atoms with Crippen LogP contribution in [-0.2, 0) is 13.5 Å². The van der Waals surface area contributed by atoms with E-state index < -0.39 is 17.5 Å². The zero-order valence-electron chi connectivity index (χ0n) is 16.8. The third-order valence-corrected chi connectivity index (χ3v) is 5.55. The number of hydrogen-bond donors (Lipinski definition) is 1. The second kappa shape index (κ2) is 8.50. The summed E-state index contributed by atoms with van der Waals surface area (Å²) in [5, 5.41) is 7.93. The average molecular weight is 486 g/mol. The van der Waals surface area contributed by atoms with Crippen molar-refractivity contribution in [3.63, 3.8) is 0 Å². The highest BCUT2D eigenvalue weighted by atomic mass is 79.9. The van der Waals surface area contributed by atoms with Crippen LogP contribution < -0.4 is 5.32 Å². The van der Waals surface area contributed by atoms with E-state index in [1.165, 1.54) is 0 Å². The molecule has 0 bridgehead atoms. The first kappa shape index (κ1) is 21.0. The molecule has 1 aromatic carbocycles. The van der Waals surface area contributed by atoms with Gasteiger partial charge in [0.25, 0.3) is 5.91 Å². The van der Waals surface area contributed by atoms with Gasteiger partial charge in [-0.3, -0.25) is 14.5 Å². The Morgan fingerprint density at radius 3 is 2.68 bits per heavy atom. The van der Waals surface area contributed by atoms with Crippen LogP contribution in [0.4, 0.5) is 8.78 Å². The Balaban J connectivity index is 1.63. The molecule has 0 fully saturated rings. The number of nitrogens with one attached hydrogen (secondary N) is 1. The number of amides is 1. The van der Waals surface area contributed by atoms with E-state index in [1.54, 1.807) is 16.9 Å². The van der Waals surface area contributed by atoms with Gasteiger partial charge in [-0.25, -0.2) is 13.8 Å². The number of pyridine rings is 2. The van der Waals surface area contributed by atoms with Gasteiger partial charge < -0.3 is 5.32 Å². The lowest BCUT2D eigenvalue weighted by molar-refractivity contribution is 0.0949. The number of rotatable bonds is 5. The van der Waals surface area contributed by atoms with Crippen molar-refractivity contribution in [3.8, 4) is 11.1 Å². The number of aromatic nitrogens is 4. The number of hydrogen-bond acceptors (Lipinski definition) is 4. The standard InChI is InChI=1S/C22H18BrF2N5O/c1-12-17(11-28-30(12)2)15-9-21(29-19-4-3-13(23)7-16(15)19)22(31)26-6-5-20-18(25)8-14(24)10-27-20/h3-4,7-11H,5-6H2,1-2H3,(H,26,31). The first-order valence-electron chi connectivity index (χ1n) is 9.51. The summed E-state index contributed by atoms with van der Waals surface area (Å²) in [6.07, 6.45) is 2.84. The van der Waals surface area contributed by atoms with Crippen LogP contribution in [-0.4, -0.2) is 32.2 Å². The van der Waals surface area contributed by atoms with Crippen molar-refractivity contribution in [2.45, 2.75) is 13.3 Å². The number of halogens is 3. The maximum atomic E-state index is 13.7. The third-order valence-electron chi connectivity index (χ3n) is 5.06. The molecule has 6 nitrogen and oxygen atoms in total. The van der Waals surface area contributed by atoms with Gasteiger partial charge in [-0.15, -0.1) is 0 Å². The third kappa shape index (κ3) is 4.32. The highest BCUT2D eigenvalue weighted by molar-refractivity contribution is 9.10. The van der Waals surface area contributed by atoms with Gasteiger partial charge in [-0.1, -0.05) is 15.9 Å². The van der Waals surface area contributed by atoms with Gasteiger partial charge in [0.15, 0.2) is 0 Å². The van der Waals surface area contributed by atoms with Crippen molar-refractivity contribution < 1.29 is 13.6 Å². The Kier molecular flexibility index (Phi) is 5.77. The maximum absolute atomic E-state index is 13.7. The molecule has 9 heteroatoms. The van der Waals surface area contributed by atoms with Crippen molar-refractivity contribution in [2.24, 2.45) is 7.05 Å². The minimum Gasteiger partial charge on any atom is -0.350 e. The smallest absolute Gasteiger partial charge is 0.269 e. The lowest BCUT2D eigenvalue weighted by Crippen LogP contribution is -2.27. The number of carbonyl (C=O) groups is 1. The zero-order chi connectivity index (χ0) is 22.1. The number of fused-ring (bicyclic) bond motifs is 1. The Hall–Kier alpha value is -3.20. The molecule has 0 unspecified atom stereocenters. The van der Waals surface area contributed by atoms with Crippen LogP contribution in [0.1, 0.15) is 21.9 Å². The van der Waals surface area contributed by atoms with Gasteiger partial charge in [0.1, 0.15) is 17.3 Å². The molecule has 0 aliphatic rings. The predicted octanol–water partition coefficient (Wildman–Crippen LogP) is 4.35. The topological polar surface area (TPSA) is 72.7 Å². The fourth-order valence-corrected chi connectivity index (χ4v) is 3.67. The summed E-state index contributed by atoms with van der Waals surface area (Å²) in [6, 6.07) is 8.15. The molecule has 0 saturated carbocycles. The van der Waals surface area contributed by atoms with Gasteiger partial charge in [0.2, 0.25) is 0 Å². The monoisotopic (exact) mass is 485 g/mol. The molecular weight excluding hydrogens is 468 g/mol. The number of carbonyl (C=O) groups excluding carboxylic acids is 1. The maximum Gasteiger partial charge on any atom is 0.269 e. The van der Waals surface area contributed by atoms with Crippen LogP contribution in [0, 0.1) is 18.6 Å². The van der Waals surface area contributed by atoms with Crippen LogP contribution in [0.3, 0.4) is 0 Å². The highest BCUT2D eigenvalue weighted by Gasteiger charge is 2.17. The first-order chi connectivity index (χ1) is 14.8. The van der Waals surface area contributed by atoms with Crippen molar-refractivity contribution in [2.75, 3.05) is 6.54 Å². The molecule has 3 heterocycles. The zero-order valence-corrected chi connectivity index (χ0v) is 18.4. The fourth-order valence-electron chi connectivity index (χ4n) is 3.31. The van der Waals surface area contributed by atoms with Crippen molar-refractivity contribution >= 4 is 32.7 Å². The largest absolute Gasteiger partial charge is 0.350 e. The van der Waals surface area contributed by atoms with Gasteiger partial charge in [-0.05, 0) is 36.8 Å². The lowest BCUT2D eigenvalue weighted by Gasteiger charge is -2.11. The van der Waals surface area contributed by atoms with Gasteiger partial charge in [0, 0.05) is 47.2 Å². The number of benzene rings is 1. The van der Waals surface area contributed by atoms with E-state index in [1.807, 2.05) is 32.2 Å². The number of nitrogens with zero attached hydrogens (tertiary/aromatic N) is 4. The summed E-state index contributed by atoms with van der Waals surface area (Å²) in [6.45, 7) is 2.09. The van der Waals surface area contributed by atoms with Crippen LogP contribution in [0.25, 0.3) is 22.0 Å². The van der Waals surface area contributed by atoms with Crippen molar-refractivity contribution in [1.82, 2.24) is 25.1 Å². The van der Waals surface area contributed by atoms with Crippen molar-refractivity contribution in [3.05, 3.63) is 75.9 Å². The molecule has 3 aromatic heterocycles. The first-order valence-corrected chi connectivity index (χ1v) is 10.3. The molecular formula is C22H18BrF2N5O. The highest BCUT2D eigenvalue weighted by Crippen LogP contribution is 2.32. The minimum atomic E-state index is -0.740. The second-order valence-corrected chi connectivity index (χ2v) is 7.99. The van der Waals surface area contributed by atoms with Crippen LogP contribution in [0.5, 0.6) is 0 Å². The minimum absolute atomic E-state index is 0.0877. The molecule has 0 spiro atoms. The molecule has 1 N–H and O–H groups in total. The quantitative estimate of drug-likeness (QED) is 0.456. The summed E-state index contributed by atoms with van der Waals surface area (Å²) in [5.41, 5.74) is 3.69. The molecule has 0 atom stereocenters. The SMILES string of the molecule is Cc1c(-c2cc(C(=O)NCCc3ncc(F)cc3F)nc3ccc(Br)cc23)cnn1C.